The lowest BCUT2D eigenvalue weighted by Crippen LogP contribution is -2.03. The maximum atomic E-state index is 5.94. The lowest BCUT2D eigenvalue weighted by Gasteiger charge is -2.08. The van der Waals surface area contributed by atoms with E-state index in [2.05, 4.69) is 27.1 Å². The van der Waals surface area contributed by atoms with E-state index in [-0.39, 0.29) is 5.95 Å². The van der Waals surface area contributed by atoms with E-state index in [9.17, 15) is 0 Å². The Hall–Kier alpha value is -2.69. The first-order valence-corrected chi connectivity index (χ1v) is 5.94. The zero-order valence-electron chi connectivity index (χ0n) is 10.2. The standard InChI is InChI=1S/C14H13N5/c15-12-11-10(8-9-4-2-1-3-5-9)6-7-17-13(11)19-14(16)18-12/h1-7H,8H2,(H4,15,16,17,18,19). The summed E-state index contributed by atoms with van der Waals surface area (Å²) in [5.74, 6) is 0.524. The molecule has 94 valence electrons. The summed E-state index contributed by atoms with van der Waals surface area (Å²) >= 11 is 0. The molecule has 19 heavy (non-hydrogen) atoms. The van der Waals surface area contributed by atoms with Crippen molar-refractivity contribution >= 4 is 22.8 Å². The minimum atomic E-state index is 0.148. The quantitative estimate of drug-likeness (QED) is 0.724. The molecule has 0 bridgehead atoms. The van der Waals surface area contributed by atoms with Gasteiger partial charge in [-0.25, -0.2) is 4.98 Å². The maximum Gasteiger partial charge on any atom is 0.224 e. The van der Waals surface area contributed by atoms with Gasteiger partial charge in [0.2, 0.25) is 5.95 Å². The Balaban J connectivity index is 2.14. The number of aromatic nitrogens is 3. The van der Waals surface area contributed by atoms with Crippen LogP contribution in [0.25, 0.3) is 11.0 Å². The molecule has 0 saturated heterocycles. The Kier molecular flexibility index (Phi) is 2.72. The predicted molar refractivity (Wildman–Crippen MR) is 75.4 cm³/mol. The second-order valence-corrected chi connectivity index (χ2v) is 4.30. The molecular formula is C14H13N5. The van der Waals surface area contributed by atoms with E-state index in [0.717, 1.165) is 17.4 Å². The number of rotatable bonds is 2. The zero-order chi connectivity index (χ0) is 13.2. The van der Waals surface area contributed by atoms with Crippen LogP contribution in [0.2, 0.25) is 0 Å². The second-order valence-electron chi connectivity index (χ2n) is 4.30. The lowest BCUT2D eigenvalue weighted by atomic mass is 10.0. The van der Waals surface area contributed by atoms with Gasteiger partial charge in [-0.2, -0.15) is 9.97 Å². The lowest BCUT2D eigenvalue weighted by molar-refractivity contribution is 1.15. The monoisotopic (exact) mass is 251 g/mol. The van der Waals surface area contributed by atoms with Gasteiger partial charge in [0, 0.05) is 6.20 Å². The Labute approximate surface area is 110 Å². The molecular weight excluding hydrogens is 238 g/mol. The molecule has 0 amide bonds. The predicted octanol–water partition coefficient (Wildman–Crippen LogP) is 1.78. The van der Waals surface area contributed by atoms with Gasteiger partial charge in [0.1, 0.15) is 5.82 Å². The van der Waals surface area contributed by atoms with Gasteiger partial charge >= 0.3 is 0 Å². The SMILES string of the molecule is Nc1nc(N)c2c(Cc3ccccc3)ccnc2n1. The van der Waals surface area contributed by atoms with E-state index < -0.39 is 0 Å². The van der Waals surface area contributed by atoms with Gasteiger partial charge in [-0.15, -0.1) is 0 Å². The van der Waals surface area contributed by atoms with Crippen molar-refractivity contribution in [1.82, 2.24) is 15.0 Å². The molecule has 5 heteroatoms. The number of fused-ring (bicyclic) bond motifs is 1. The summed E-state index contributed by atoms with van der Waals surface area (Å²) < 4.78 is 0. The van der Waals surface area contributed by atoms with Crippen LogP contribution in [0, 0.1) is 0 Å². The fraction of sp³-hybridized carbons (Fsp3) is 0.0714. The number of hydrogen-bond donors (Lipinski definition) is 2. The van der Waals surface area contributed by atoms with Crippen molar-refractivity contribution < 1.29 is 0 Å². The highest BCUT2D eigenvalue weighted by Gasteiger charge is 2.09. The maximum absolute atomic E-state index is 5.94. The molecule has 0 saturated carbocycles. The number of nitrogen functional groups attached to an aromatic ring is 2. The fourth-order valence-electron chi connectivity index (χ4n) is 2.13. The van der Waals surface area contributed by atoms with Gasteiger partial charge in [-0.1, -0.05) is 30.3 Å². The largest absolute Gasteiger partial charge is 0.383 e. The summed E-state index contributed by atoms with van der Waals surface area (Å²) in [5.41, 5.74) is 14.3. The third-order valence-electron chi connectivity index (χ3n) is 2.97. The van der Waals surface area contributed by atoms with Crippen molar-refractivity contribution in [2.24, 2.45) is 0 Å². The van der Waals surface area contributed by atoms with Crippen LogP contribution < -0.4 is 11.5 Å². The molecule has 0 aliphatic heterocycles. The van der Waals surface area contributed by atoms with E-state index >= 15 is 0 Å². The highest BCUT2D eigenvalue weighted by atomic mass is 15.1. The summed E-state index contributed by atoms with van der Waals surface area (Å²) in [5, 5.41) is 0.778. The van der Waals surface area contributed by atoms with Crippen molar-refractivity contribution in [3.8, 4) is 0 Å². The summed E-state index contributed by atoms with van der Waals surface area (Å²) in [7, 11) is 0. The molecule has 0 aliphatic carbocycles. The van der Waals surface area contributed by atoms with Gasteiger partial charge in [0.15, 0.2) is 5.65 Å². The van der Waals surface area contributed by atoms with Gasteiger partial charge in [-0.3, -0.25) is 0 Å². The molecule has 0 radical (unpaired) electrons. The first-order valence-electron chi connectivity index (χ1n) is 5.94. The zero-order valence-corrected chi connectivity index (χ0v) is 10.2. The van der Waals surface area contributed by atoms with Gasteiger partial charge in [-0.05, 0) is 23.6 Å². The third kappa shape index (κ3) is 2.18. The first kappa shape index (κ1) is 11.4. The molecule has 3 rings (SSSR count). The molecule has 0 atom stereocenters. The van der Waals surface area contributed by atoms with Crippen molar-refractivity contribution in [3.05, 3.63) is 53.7 Å². The van der Waals surface area contributed by atoms with E-state index in [1.807, 2.05) is 24.3 Å². The van der Waals surface area contributed by atoms with Crippen molar-refractivity contribution in [2.75, 3.05) is 11.5 Å². The average molecular weight is 251 g/mol. The molecule has 2 heterocycles. The minimum absolute atomic E-state index is 0.148. The highest BCUT2D eigenvalue weighted by molar-refractivity contribution is 5.89. The summed E-state index contributed by atoms with van der Waals surface area (Å²) in [4.78, 5) is 12.3. The number of benzene rings is 1. The second kappa shape index (κ2) is 4.53. The van der Waals surface area contributed by atoms with Crippen molar-refractivity contribution in [2.45, 2.75) is 6.42 Å². The van der Waals surface area contributed by atoms with Crippen LogP contribution in [-0.4, -0.2) is 15.0 Å². The summed E-state index contributed by atoms with van der Waals surface area (Å²) in [6.07, 6.45) is 2.48. The Morgan fingerprint density at radius 3 is 2.53 bits per heavy atom. The molecule has 0 unspecified atom stereocenters. The summed E-state index contributed by atoms with van der Waals surface area (Å²) in [6.45, 7) is 0. The average Bonchev–Trinajstić information content (AvgIpc) is 2.39. The number of nitrogens with two attached hydrogens (primary N) is 2. The molecule has 0 aliphatic rings. The third-order valence-corrected chi connectivity index (χ3v) is 2.97. The number of nitrogens with zero attached hydrogens (tertiary/aromatic N) is 3. The van der Waals surface area contributed by atoms with Crippen LogP contribution >= 0.6 is 0 Å². The fourth-order valence-corrected chi connectivity index (χ4v) is 2.13. The topological polar surface area (TPSA) is 90.7 Å². The van der Waals surface area contributed by atoms with Crippen LogP contribution in [0.3, 0.4) is 0 Å². The van der Waals surface area contributed by atoms with Gasteiger partial charge in [0.05, 0.1) is 5.39 Å². The van der Waals surface area contributed by atoms with Crippen LogP contribution in [0.4, 0.5) is 11.8 Å². The van der Waals surface area contributed by atoms with E-state index in [0.29, 0.717) is 11.5 Å². The molecule has 5 nitrogen and oxygen atoms in total. The van der Waals surface area contributed by atoms with Crippen LogP contribution in [-0.2, 0) is 6.42 Å². The Bertz CT molecular complexity index is 724. The number of pyridine rings is 1. The summed E-state index contributed by atoms with van der Waals surface area (Å²) in [6, 6.07) is 12.1. The van der Waals surface area contributed by atoms with E-state index in [1.165, 1.54) is 5.56 Å². The Morgan fingerprint density at radius 1 is 0.947 bits per heavy atom. The molecule has 2 aromatic heterocycles. The van der Waals surface area contributed by atoms with Crippen molar-refractivity contribution in [1.29, 1.82) is 0 Å². The molecule has 4 N–H and O–H groups in total. The number of anilines is 2. The van der Waals surface area contributed by atoms with E-state index in [4.69, 9.17) is 11.5 Å². The van der Waals surface area contributed by atoms with Gasteiger partial charge < -0.3 is 11.5 Å². The van der Waals surface area contributed by atoms with Crippen LogP contribution in [0.5, 0.6) is 0 Å². The molecule has 1 aromatic carbocycles. The van der Waals surface area contributed by atoms with Crippen LogP contribution in [0.15, 0.2) is 42.6 Å². The Morgan fingerprint density at radius 2 is 1.74 bits per heavy atom. The highest BCUT2D eigenvalue weighted by Crippen LogP contribution is 2.23. The smallest absolute Gasteiger partial charge is 0.224 e. The molecule has 0 fully saturated rings. The van der Waals surface area contributed by atoms with E-state index in [1.54, 1.807) is 6.20 Å². The van der Waals surface area contributed by atoms with Gasteiger partial charge in [0.25, 0.3) is 0 Å². The van der Waals surface area contributed by atoms with Crippen LogP contribution in [0.1, 0.15) is 11.1 Å². The minimum Gasteiger partial charge on any atom is -0.383 e. The first-order chi connectivity index (χ1) is 9.24. The molecule has 0 spiro atoms. The van der Waals surface area contributed by atoms with Crippen molar-refractivity contribution in [3.63, 3.8) is 0 Å². The number of hydrogen-bond acceptors (Lipinski definition) is 5. The normalized spacial score (nSPS) is 10.7. The molecule has 3 aromatic rings.